The highest BCUT2D eigenvalue weighted by Gasteiger charge is 2.37. The lowest BCUT2D eigenvalue weighted by molar-refractivity contribution is -0.137. The van der Waals surface area contributed by atoms with E-state index in [9.17, 15) is 13.6 Å². The van der Waals surface area contributed by atoms with Gasteiger partial charge in [0.1, 0.15) is 0 Å². The maximum absolute atomic E-state index is 12.9. The third-order valence-electron chi connectivity index (χ3n) is 6.30. The van der Waals surface area contributed by atoms with Crippen LogP contribution in [-0.4, -0.2) is 38.0 Å². The number of hydrogen-bond donors (Lipinski definition) is 2. The lowest BCUT2D eigenvalue weighted by Crippen LogP contribution is -2.49. The Morgan fingerprint density at radius 3 is 2.71 bits per heavy atom. The van der Waals surface area contributed by atoms with E-state index in [1.165, 1.54) is 6.20 Å². The maximum atomic E-state index is 12.9. The van der Waals surface area contributed by atoms with Gasteiger partial charge >= 0.3 is 6.61 Å². The van der Waals surface area contributed by atoms with Gasteiger partial charge in [0, 0.05) is 41.2 Å². The molecular weight excluding hydrogens is 480 g/mol. The van der Waals surface area contributed by atoms with Crippen molar-refractivity contribution in [3.05, 3.63) is 51.2 Å². The van der Waals surface area contributed by atoms with Crippen LogP contribution in [0.3, 0.4) is 0 Å². The van der Waals surface area contributed by atoms with E-state index < -0.39 is 13.2 Å². The number of nitrogens with one attached hydrogen (secondary N) is 2. The maximum Gasteiger partial charge on any atom is 0.345 e. The highest BCUT2D eigenvalue weighted by Crippen LogP contribution is 2.43. The number of carbonyl (C=O) groups excluding carboxylic acids is 1. The number of alkyl halides is 2. The van der Waals surface area contributed by atoms with Gasteiger partial charge in [-0.25, -0.2) is 9.97 Å². The first-order chi connectivity index (χ1) is 16.7. The molecule has 5 rings (SSSR count). The summed E-state index contributed by atoms with van der Waals surface area (Å²) >= 11 is 5.94. The van der Waals surface area contributed by atoms with Crippen molar-refractivity contribution in [1.82, 2.24) is 25.3 Å². The summed E-state index contributed by atoms with van der Waals surface area (Å²) in [6.45, 7) is 2.57. The fourth-order valence-corrected chi connectivity index (χ4v) is 5.01. The topological polar surface area (TPSA) is 102 Å². The Bertz CT molecular complexity index is 1320. The van der Waals surface area contributed by atoms with E-state index in [1.54, 1.807) is 6.20 Å². The molecule has 0 aromatic carbocycles. The summed E-state index contributed by atoms with van der Waals surface area (Å²) in [5.74, 6) is 0.209. The Hall–Kier alpha value is -3.11. The van der Waals surface area contributed by atoms with Crippen LogP contribution in [0.1, 0.15) is 59.1 Å². The van der Waals surface area contributed by atoms with Crippen molar-refractivity contribution in [3.63, 3.8) is 0 Å². The van der Waals surface area contributed by atoms with E-state index in [-0.39, 0.29) is 34.1 Å². The average molecular weight is 504 g/mol. The molecule has 0 unspecified atom stereocenters. The van der Waals surface area contributed by atoms with Gasteiger partial charge in [-0.15, -0.1) is 0 Å². The molecule has 4 heterocycles. The fourth-order valence-electron chi connectivity index (χ4n) is 4.88. The fraction of sp³-hybridized carbons (Fsp3) is 0.417. The Kier molecular flexibility index (Phi) is 5.96. The van der Waals surface area contributed by atoms with E-state index >= 15 is 0 Å². The molecule has 3 aromatic rings. The SMILES string of the molecule is CCc1c(Oc2nc(Cl)ncc2COC(F)F)ncc2c1-c1[nH]c3c(c1CC2)C(=O)NC(C)(C)C3. The number of halogens is 3. The van der Waals surface area contributed by atoms with Crippen LogP contribution in [0.4, 0.5) is 8.78 Å². The molecule has 0 radical (unpaired) electrons. The smallest absolute Gasteiger partial charge is 0.345 e. The highest BCUT2D eigenvalue weighted by molar-refractivity contribution is 6.28. The summed E-state index contributed by atoms with van der Waals surface area (Å²) in [7, 11) is 0. The van der Waals surface area contributed by atoms with Gasteiger partial charge < -0.3 is 19.8 Å². The number of aromatic amines is 1. The first-order valence-corrected chi connectivity index (χ1v) is 11.7. The van der Waals surface area contributed by atoms with Crippen LogP contribution in [0.25, 0.3) is 11.3 Å². The molecular formula is C24H24ClF2N5O3. The number of ether oxygens (including phenoxy) is 2. The van der Waals surface area contributed by atoms with Crippen LogP contribution in [0, 0.1) is 0 Å². The monoisotopic (exact) mass is 503 g/mol. The highest BCUT2D eigenvalue weighted by atomic mass is 35.5. The number of carbonyl (C=O) groups is 1. The molecule has 1 aliphatic heterocycles. The zero-order valence-corrected chi connectivity index (χ0v) is 20.2. The van der Waals surface area contributed by atoms with Gasteiger partial charge in [0.05, 0.1) is 23.4 Å². The second-order valence-electron chi connectivity index (χ2n) is 9.29. The molecule has 2 aliphatic rings. The largest absolute Gasteiger partial charge is 0.420 e. The van der Waals surface area contributed by atoms with Crippen LogP contribution in [0.5, 0.6) is 11.8 Å². The van der Waals surface area contributed by atoms with E-state index in [4.69, 9.17) is 16.3 Å². The zero-order chi connectivity index (χ0) is 24.9. The zero-order valence-electron chi connectivity index (χ0n) is 19.5. The number of hydrogen-bond acceptors (Lipinski definition) is 6. The second kappa shape index (κ2) is 8.83. The average Bonchev–Trinajstić information content (AvgIpc) is 3.15. The van der Waals surface area contributed by atoms with Crippen LogP contribution in [0.2, 0.25) is 5.28 Å². The van der Waals surface area contributed by atoms with E-state index in [2.05, 4.69) is 30.0 Å². The van der Waals surface area contributed by atoms with Crippen LogP contribution in [0.15, 0.2) is 12.4 Å². The minimum absolute atomic E-state index is 0.00394. The van der Waals surface area contributed by atoms with Gasteiger partial charge in [0.25, 0.3) is 5.91 Å². The molecule has 0 saturated carbocycles. The third-order valence-corrected chi connectivity index (χ3v) is 6.48. The Balaban J connectivity index is 1.59. The Labute approximate surface area is 205 Å². The summed E-state index contributed by atoms with van der Waals surface area (Å²) in [5, 5.41) is 3.00. The summed E-state index contributed by atoms with van der Waals surface area (Å²) < 4.78 is 35.6. The van der Waals surface area contributed by atoms with Gasteiger partial charge in [-0.1, -0.05) is 6.92 Å². The Morgan fingerprint density at radius 2 is 1.97 bits per heavy atom. The van der Waals surface area contributed by atoms with Crippen molar-refractivity contribution in [3.8, 4) is 23.0 Å². The first-order valence-electron chi connectivity index (χ1n) is 11.3. The molecule has 0 atom stereocenters. The molecule has 3 aromatic heterocycles. The number of rotatable bonds is 6. The lowest BCUT2D eigenvalue weighted by Gasteiger charge is -2.31. The van der Waals surface area contributed by atoms with E-state index in [0.29, 0.717) is 12.8 Å². The quantitative estimate of drug-likeness (QED) is 0.469. The van der Waals surface area contributed by atoms with Crippen LogP contribution >= 0.6 is 11.6 Å². The van der Waals surface area contributed by atoms with Crippen LogP contribution in [-0.2, 0) is 37.0 Å². The van der Waals surface area contributed by atoms with Gasteiger partial charge in [0.15, 0.2) is 0 Å². The van der Waals surface area contributed by atoms with Crippen LogP contribution < -0.4 is 10.1 Å². The number of fused-ring (bicyclic) bond motifs is 5. The lowest BCUT2D eigenvalue weighted by atomic mass is 9.84. The molecule has 11 heteroatoms. The van der Waals surface area contributed by atoms with Crippen molar-refractivity contribution < 1.29 is 23.0 Å². The third kappa shape index (κ3) is 4.36. The number of aryl methyl sites for hydroxylation is 1. The molecule has 8 nitrogen and oxygen atoms in total. The molecule has 0 bridgehead atoms. The van der Waals surface area contributed by atoms with Gasteiger partial charge in [-0.3, -0.25) is 4.79 Å². The van der Waals surface area contributed by atoms with Gasteiger partial charge in [-0.05, 0) is 55.8 Å². The molecule has 1 amide bonds. The number of amides is 1. The van der Waals surface area contributed by atoms with E-state index in [1.807, 2.05) is 20.8 Å². The van der Waals surface area contributed by atoms with Gasteiger partial charge in [-0.2, -0.15) is 13.8 Å². The predicted octanol–water partition coefficient (Wildman–Crippen LogP) is 4.78. The minimum Gasteiger partial charge on any atom is -0.420 e. The minimum atomic E-state index is -2.95. The second-order valence-corrected chi connectivity index (χ2v) is 9.62. The van der Waals surface area contributed by atoms with Crippen molar-refractivity contribution in [1.29, 1.82) is 0 Å². The van der Waals surface area contributed by atoms with Crippen molar-refractivity contribution in [2.75, 3.05) is 0 Å². The van der Waals surface area contributed by atoms with Crippen molar-refractivity contribution >= 4 is 17.5 Å². The van der Waals surface area contributed by atoms with Crippen molar-refractivity contribution in [2.45, 2.75) is 65.2 Å². The summed E-state index contributed by atoms with van der Waals surface area (Å²) in [4.78, 5) is 28.9. The number of H-pyrrole nitrogens is 1. The predicted molar refractivity (Wildman–Crippen MR) is 124 cm³/mol. The summed E-state index contributed by atoms with van der Waals surface area (Å²) in [5.41, 5.74) is 6.21. The molecule has 35 heavy (non-hydrogen) atoms. The molecule has 0 saturated heterocycles. The number of nitrogens with zero attached hydrogens (tertiary/aromatic N) is 3. The normalized spacial score (nSPS) is 15.9. The molecule has 2 N–H and O–H groups in total. The van der Waals surface area contributed by atoms with Gasteiger partial charge in [0.2, 0.25) is 17.0 Å². The van der Waals surface area contributed by atoms with E-state index in [0.717, 1.165) is 52.0 Å². The summed E-state index contributed by atoms with van der Waals surface area (Å²) in [6, 6.07) is 0. The summed E-state index contributed by atoms with van der Waals surface area (Å²) in [6.07, 6.45) is 5.76. The number of pyridine rings is 1. The number of aromatic nitrogens is 4. The first kappa shape index (κ1) is 23.6. The molecule has 0 fully saturated rings. The molecule has 1 aliphatic carbocycles. The standard InChI is InChI=1S/C24H24ClF2N5O3/c1-4-13-16-11(5-6-14-17-15(30-18(14)16)7-24(2,3)32-19(17)33)8-28-21(13)35-20-12(10-34-23(26)27)9-29-22(25)31-20/h8-9,23,30H,4-7,10H2,1-3H3,(H,32,33). The Morgan fingerprint density at radius 1 is 1.17 bits per heavy atom. The molecule has 0 spiro atoms. The van der Waals surface area contributed by atoms with Crippen molar-refractivity contribution in [2.24, 2.45) is 0 Å². The molecule has 184 valence electrons.